The molecule has 6 heteroatoms. The minimum atomic E-state index is -0.355. The molecule has 0 atom stereocenters. The number of nitrogens with zero attached hydrogens (tertiary/aromatic N) is 2. The van der Waals surface area contributed by atoms with Crippen molar-refractivity contribution in [1.82, 2.24) is 9.80 Å². The number of aliphatic hydroxyl groups is 1. The third-order valence-electron chi connectivity index (χ3n) is 4.15. The minimum Gasteiger partial charge on any atom is -0.400 e. The lowest BCUT2D eigenvalue weighted by Crippen LogP contribution is -2.32. The van der Waals surface area contributed by atoms with Crippen LogP contribution in [0.15, 0.2) is 59.8 Å². The van der Waals surface area contributed by atoms with Crippen LogP contribution >= 0.6 is 0 Å². The number of aliphatic hydroxyl groups excluding tert-OH is 1. The summed E-state index contributed by atoms with van der Waals surface area (Å²) in [4.78, 5) is 38.8. The molecule has 26 heavy (non-hydrogen) atoms. The van der Waals surface area contributed by atoms with E-state index >= 15 is 0 Å². The van der Waals surface area contributed by atoms with E-state index in [-0.39, 0.29) is 18.5 Å². The maximum atomic E-state index is 12.7. The summed E-state index contributed by atoms with van der Waals surface area (Å²) in [6.07, 6.45) is 8.18. The van der Waals surface area contributed by atoms with Gasteiger partial charge in [-0.3, -0.25) is 9.59 Å². The molecule has 1 aliphatic carbocycles. The summed E-state index contributed by atoms with van der Waals surface area (Å²) in [5, 5.41) is 7.00. The summed E-state index contributed by atoms with van der Waals surface area (Å²) in [6, 6.07) is 7.43. The van der Waals surface area contributed by atoms with Gasteiger partial charge < -0.3 is 10.0 Å². The Bertz CT molecular complexity index is 793. The second-order valence-corrected chi connectivity index (χ2v) is 5.82. The van der Waals surface area contributed by atoms with Crippen molar-refractivity contribution in [2.75, 3.05) is 13.7 Å². The number of rotatable bonds is 4. The summed E-state index contributed by atoms with van der Waals surface area (Å²) in [5.74, 6) is -0.281. The number of hydrogen-bond donors (Lipinski definition) is 1. The molecule has 1 aliphatic heterocycles. The normalized spacial score (nSPS) is 16.6. The summed E-state index contributed by atoms with van der Waals surface area (Å²) >= 11 is 0. The van der Waals surface area contributed by atoms with Crippen LogP contribution in [-0.2, 0) is 16.1 Å². The van der Waals surface area contributed by atoms with Gasteiger partial charge in [-0.1, -0.05) is 36.4 Å². The van der Waals surface area contributed by atoms with Crippen LogP contribution in [0.4, 0.5) is 4.79 Å². The SMILES string of the molecule is CO.Cc1ccccc1CN1CC(=O)N(C2=CC(C=O)=CCC=C2)C1=O. The third-order valence-corrected chi connectivity index (χ3v) is 4.15. The van der Waals surface area contributed by atoms with Crippen LogP contribution in [0.25, 0.3) is 0 Å². The summed E-state index contributed by atoms with van der Waals surface area (Å²) in [6.45, 7) is 2.41. The minimum absolute atomic E-state index is 0.0402. The van der Waals surface area contributed by atoms with Crippen molar-refractivity contribution in [3.8, 4) is 0 Å². The quantitative estimate of drug-likeness (QED) is 0.665. The van der Waals surface area contributed by atoms with E-state index in [4.69, 9.17) is 5.11 Å². The molecule has 0 spiro atoms. The highest BCUT2D eigenvalue weighted by Gasteiger charge is 2.37. The van der Waals surface area contributed by atoms with Gasteiger partial charge in [0.1, 0.15) is 12.8 Å². The van der Waals surface area contributed by atoms with Crippen LogP contribution in [-0.4, -0.2) is 46.8 Å². The van der Waals surface area contributed by atoms with Crippen LogP contribution in [0, 0.1) is 6.92 Å². The first-order valence-corrected chi connectivity index (χ1v) is 8.25. The first-order valence-electron chi connectivity index (χ1n) is 8.25. The smallest absolute Gasteiger partial charge is 0.332 e. The predicted octanol–water partition coefficient (Wildman–Crippen LogP) is 2.34. The number of urea groups is 1. The lowest BCUT2D eigenvalue weighted by atomic mass is 10.1. The summed E-state index contributed by atoms with van der Waals surface area (Å²) < 4.78 is 0. The van der Waals surface area contributed by atoms with Gasteiger partial charge in [-0.05, 0) is 36.6 Å². The molecule has 136 valence electrons. The van der Waals surface area contributed by atoms with E-state index in [2.05, 4.69) is 0 Å². The van der Waals surface area contributed by atoms with Gasteiger partial charge in [0, 0.05) is 19.2 Å². The highest BCUT2D eigenvalue weighted by molar-refractivity contribution is 6.04. The zero-order chi connectivity index (χ0) is 19.1. The van der Waals surface area contributed by atoms with Gasteiger partial charge in [0.25, 0.3) is 5.91 Å². The molecule has 2 aliphatic rings. The maximum absolute atomic E-state index is 12.7. The van der Waals surface area contributed by atoms with Crippen LogP contribution in [0.3, 0.4) is 0 Å². The first-order chi connectivity index (χ1) is 12.6. The molecule has 1 fully saturated rings. The summed E-state index contributed by atoms with van der Waals surface area (Å²) in [7, 11) is 1.00. The maximum Gasteiger partial charge on any atom is 0.332 e. The van der Waals surface area contributed by atoms with Crippen molar-refractivity contribution in [3.05, 3.63) is 71.0 Å². The van der Waals surface area contributed by atoms with E-state index in [9.17, 15) is 14.4 Å². The monoisotopic (exact) mass is 354 g/mol. The van der Waals surface area contributed by atoms with Crippen LogP contribution < -0.4 is 0 Å². The van der Waals surface area contributed by atoms with Gasteiger partial charge in [-0.15, -0.1) is 0 Å². The largest absolute Gasteiger partial charge is 0.400 e. The Morgan fingerprint density at radius 3 is 2.62 bits per heavy atom. The van der Waals surface area contributed by atoms with Gasteiger partial charge in [0.05, 0.1) is 5.70 Å². The molecule has 3 rings (SSSR count). The fourth-order valence-electron chi connectivity index (χ4n) is 2.81. The molecule has 1 aromatic rings. The Balaban J connectivity index is 0.00000117. The number of carbonyl (C=O) groups is 3. The number of imide groups is 1. The molecule has 0 bridgehead atoms. The average Bonchev–Trinajstić information content (AvgIpc) is 2.82. The Morgan fingerprint density at radius 1 is 1.19 bits per heavy atom. The van der Waals surface area contributed by atoms with Crippen molar-refractivity contribution in [2.24, 2.45) is 0 Å². The lowest BCUT2D eigenvalue weighted by Gasteiger charge is -2.18. The molecule has 6 nitrogen and oxygen atoms in total. The van der Waals surface area contributed by atoms with Crippen molar-refractivity contribution in [1.29, 1.82) is 0 Å². The van der Waals surface area contributed by atoms with Gasteiger partial charge in [0.15, 0.2) is 0 Å². The fraction of sp³-hybridized carbons (Fsp3) is 0.250. The standard InChI is InChI=1S/C19H18N2O3.CH4O/c1-14-6-2-4-8-16(14)11-20-12-18(23)21(19(20)24)17-9-5-3-7-15(10-17)13-22;1-2/h2,4-10,13H,3,11-12H2,1H3;2H,1H3. The molecular formula is C20H22N2O4. The number of allylic oxidation sites excluding steroid dienone is 5. The number of aryl methyl sites for hydroxylation is 1. The lowest BCUT2D eigenvalue weighted by molar-refractivity contribution is -0.124. The van der Waals surface area contributed by atoms with Gasteiger partial charge in [-0.25, -0.2) is 9.69 Å². The molecule has 0 radical (unpaired) electrons. The van der Waals surface area contributed by atoms with E-state index in [1.54, 1.807) is 18.2 Å². The van der Waals surface area contributed by atoms with E-state index in [0.29, 0.717) is 24.2 Å². The van der Waals surface area contributed by atoms with Crippen molar-refractivity contribution in [3.63, 3.8) is 0 Å². The predicted molar refractivity (Wildman–Crippen MR) is 98.0 cm³/mol. The van der Waals surface area contributed by atoms with Crippen molar-refractivity contribution >= 4 is 18.2 Å². The summed E-state index contributed by atoms with van der Waals surface area (Å²) in [5.41, 5.74) is 3.00. The van der Waals surface area contributed by atoms with E-state index < -0.39 is 0 Å². The van der Waals surface area contributed by atoms with Crippen LogP contribution in [0.1, 0.15) is 17.5 Å². The fourth-order valence-corrected chi connectivity index (χ4v) is 2.81. The Labute approximate surface area is 152 Å². The Hall–Kier alpha value is -2.99. The molecule has 1 heterocycles. The van der Waals surface area contributed by atoms with Crippen LogP contribution in [0.5, 0.6) is 0 Å². The second-order valence-electron chi connectivity index (χ2n) is 5.82. The third kappa shape index (κ3) is 4.15. The Kier molecular flexibility index (Phi) is 6.63. The zero-order valence-electron chi connectivity index (χ0n) is 14.9. The molecule has 1 N–H and O–H groups in total. The molecular weight excluding hydrogens is 332 g/mol. The zero-order valence-corrected chi connectivity index (χ0v) is 14.9. The molecule has 0 saturated carbocycles. The Morgan fingerprint density at radius 2 is 1.92 bits per heavy atom. The highest BCUT2D eigenvalue weighted by atomic mass is 16.2. The number of benzene rings is 1. The molecule has 1 aromatic carbocycles. The number of amides is 3. The van der Waals surface area contributed by atoms with Gasteiger partial charge in [-0.2, -0.15) is 0 Å². The number of hydrogen-bond acceptors (Lipinski definition) is 4. The molecule has 1 saturated heterocycles. The first kappa shape index (κ1) is 19.3. The average molecular weight is 354 g/mol. The van der Waals surface area contributed by atoms with Gasteiger partial charge >= 0.3 is 6.03 Å². The second kappa shape index (κ2) is 8.92. The van der Waals surface area contributed by atoms with Crippen LogP contribution in [0.2, 0.25) is 0 Å². The van der Waals surface area contributed by atoms with E-state index in [1.165, 1.54) is 4.90 Å². The van der Waals surface area contributed by atoms with E-state index in [0.717, 1.165) is 29.4 Å². The van der Waals surface area contributed by atoms with Gasteiger partial charge in [0.2, 0.25) is 0 Å². The molecule has 0 unspecified atom stereocenters. The topological polar surface area (TPSA) is 77.9 Å². The molecule has 3 amide bonds. The van der Waals surface area contributed by atoms with E-state index in [1.807, 2.05) is 37.3 Å². The number of carbonyl (C=O) groups excluding carboxylic acids is 3. The molecule has 0 aromatic heterocycles. The van der Waals surface area contributed by atoms with Crippen molar-refractivity contribution < 1.29 is 19.5 Å². The van der Waals surface area contributed by atoms with Crippen molar-refractivity contribution in [2.45, 2.75) is 19.9 Å². The number of aldehydes is 1. The highest BCUT2D eigenvalue weighted by Crippen LogP contribution is 2.23.